The van der Waals surface area contributed by atoms with Gasteiger partial charge in [-0.15, -0.1) is 0 Å². The molecule has 1 aromatic heterocycles. The van der Waals surface area contributed by atoms with E-state index in [1.807, 2.05) is 0 Å². The number of fused-ring (bicyclic) bond motifs is 1. The molecule has 0 aliphatic carbocycles. The number of hydrogen-bond acceptors (Lipinski definition) is 5. The molecule has 22 heavy (non-hydrogen) atoms. The monoisotopic (exact) mass is 299 g/mol. The summed E-state index contributed by atoms with van der Waals surface area (Å²) in [5.74, 6) is 0.768. The Kier molecular flexibility index (Phi) is 3.18. The van der Waals surface area contributed by atoms with E-state index in [4.69, 9.17) is 4.74 Å². The fourth-order valence-corrected chi connectivity index (χ4v) is 1.98. The molecule has 1 heterocycles. The average molecular weight is 299 g/mol. The smallest absolute Gasteiger partial charge is 0.326 e. The number of hydrogen-bond donors (Lipinski definition) is 2. The lowest BCUT2D eigenvalue weighted by Crippen LogP contribution is -2.21. The molecule has 0 atom stereocenters. The summed E-state index contributed by atoms with van der Waals surface area (Å²) in [6.45, 7) is 0. The van der Waals surface area contributed by atoms with E-state index < -0.39 is 16.2 Å². The molecule has 0 fully saturated rings. The van der Waals surface area contributed by atoms with Crippen molar-refractivity contribution in [3.8, 4) is 11.5 Å². The Balaban J connectivity index is 1.95. The number of nitrogens with one attached hydrogen (secondary N) is 2. The normalized spacial score (nSPS) is 10.5. The molecule has 0 aliphatic heterocycles. The average Bonchev–Trinajstić information content (AvgIpc) is 2.48. The fourth-order valence-electron chi connectivity index (χ4n) is 1.98. The molecule has 0 radical (unpaired) electrons. The summed E-state index contributed by atoms with van der Waals surface area (Å²) in [6.07, 6.45) is 0. The number of H-pyrrole nitrogens is 2. The number of rotatable bonds is 3. The number of ether oxygens (including phenoxy) is 1. The van der Waals surface area contributed by atoms with Crippen molar-refractivity contribution in [2.45, 2.75) is 0 Å². The number of non-ortho nitro benzene ring substituents is 1. The van der Waals surface area contributed by atoms with E-state index in [-0.39, 0.29) is 11.1 Å². The van der Waals surface area contributed by atoms with Crippen LogP contribution < -0.4 is 16.0 Å². The molecule has 0 spiro atoms. The lowest BCUT2D eigenvalue weighted by Gasteiger charge is -2.06. The van der Waals surface area contributed by atoms with Gasteiger partial charge in [0, 0.05) is 12.1 Å². The second kappa shape index (κ2) is 5.17. The Labute approximate surface area is 122 Å². The Hall–Kier alpha value is -3.42. The maximum Gasteiger partial charge on any atom is 0.326 e. The Morgan fingerprint density at radius 2 is 1.64 bits per heavy atom. The van der Waals surface area contributed by atoms with Crippen LogP contribution in [0.2, 0.25) is 0 Å². The third kappa shape index (κ3) is 2.57. The van der Waals surface area contributed by atoms with Crippen LogP contribution in [0.15, 0.2) is 52.1 Å². The van der Waals surface area contributed by atoms with Crippen LogP contribution in [0.1, 0.15) is 0 Å². The van der Waals surface area contributed by atoms with Gasteiger partial charge in [0.1, 0.15) is 11.5 Å². The van der Waals surface area contributed by atoms with Crippen molar-refractivity contribution in [1.29, 1.82) is 0 Å². The predicted molar refractivity (Wildman–Crippen MR) is 78.4 cm³/mol. The number of nitrogens with zero attached hydrogens (tertiary/aromatic N) is 1. The molecular weight excluding hydrogens is 290 g/mol. The predicted octanol–water partition coefficient (Wildman–Crippen LogP) is 1.92. The van der Waals surface area contributed by atoms with E-state index in [1.165, 1.54) is 30.3 Å². The van der Waals surface area contributed by atoms with E-state index >= 15 is 0 Å². The second-order valence-corrected chi connectivity index (χ2v) is 4.47. The molecule has 0 saturated heterocycles. The van der Waals surface area contributed by atoms with Gasteiger partial charge in [-0.1, -0.05) is 0 Å². The molecule has 2 N–H and O–H groups in total. The van der Waals surface area contributed by atoms with E-state index in [1.54, 1.807) is 12.1 Å². The third-order valence-electron chi connectivity index (χ3n) is 2.99. The minimum absolute atomic E-state index is 0.0418. The topological polar surface area (TPSA) is 118 Å². The minimum Gasteiger partial charge on any atom is -0.457 e. The van der Waals surface area contributed by atoms with Gasteiger partial charge in [-0.25, -0.2) is 4.79 Å². The van der Waals surface area contributed by atoms with Crippen molar-refractivity contribution < 1.29 is 9.66 Å². The summed E-state index contributed by atoms with van der Waals surface area (Å²) in [4.78, 5) is 37.6. The van der Waals surface area contributed by atoms with Gasteiger partial charge in [0.05, 0.1) is 15.8 Å². The van der Waals surface area contributed by atoms with Crippen molar-refractivity contribution in [3.63, 3.8) is 0 Å². The summed E-state index contributed by atoms with van der Waals surface area (Å²) in [5, 5.41) is 10.9. The van der Waals surface area contributed by atoms with Crippen LogP contribution in [0.4, 0.5) is 5.69 Å². The van der Waals surface area contributed by atoms with Crippen molar-refractivity contribution >= 4 is 16.6 Å². The lowest BCUT2D eigenvalue weighted by molar-refractivity contribution is -0.384. The van der Waals surface area contributed by atoms with Crippen LogP contribution in [-0.4, -0.2) is 14.9 Å². The van der Waals surface area contributed by atoms with E-state index in [2.05, 4.69) is 9.97 Å². The second-order valence-electron chi connectivity index (χ2n) is 4.47. The first-order chi connectivity index (χ1) is 10.5. The number of aromatic amines is 2. The van der Waals surface area contributed by atoms with Crippen LogP contribution >= 0.6 is 0 Å². The molecule has 2 aromatic carbocycles. The number of nitro benzene ring substituents is 1. The molecular formula is C14H9N3O5. The van der Waals surface area contributed by atoms with E-state index in [9.17, 15) is 19.7 Å². The zero-order chi connectivity index (χ0) is 15.7. The summed E-state index contributed by atoms with van der Waals surface area (Å²) < 4.78 is 5.54. The zero-order valence-electron chi connectivity index (χ0n) is 11.0. The molecule has 0 bridgehead atoms. The van der Waals surface area contributed by atoms with Crippen molar-refractivity contribution in [1.82, 2.24) is 9.97 Å². The molecule has 3 aromatic rings. The first-order valence-electron chi connectivity index (χ1n) is 6.21. The third-order valence-corrected chi connectivity index (χ3v) is 2.99. The maximum absolute atomic E-state index is 11.7. The highest BCUT2D eigenvalue weighted by Gasteiger charge is 2.07. The molecule has 0 amide bonds. The van der Waals surface area contributed by atoms with Gasteiger partial charge in [0.15, 0.2) is 0 Å². The fraction of sp³-hybridized carbons (Fsp3) is 0. The quantitative estimate of drug-likeness (QED) is 0.565. The highest BCUT2D eigenvalue weighted by molar-refractivity contribution is 5.78. The molecule has 8 nitrogen and oxygen atoms in total. The molecule has 3 rings (SSSR count). The summed E-state index contributed by atoms with van der Waals surface area (Å²) in [5.41, 5.74) is -0.751. The molecule has 0 saturated carbocycles. The lowest BCUT2D eigenvalue weighted by atomic mass is 10.2. The maximum atomic E-state index is 11.7. The van der Waals surface area contributed by atoms with Gasteiger partial charge in [-0.05, 0) is 30.3 Å². The molecule has 8 heteroatoms. The van der Waals surface area contributed by atoms with Crippen LogP contribution in [0.5, 0.6) is 11.5 Å². The molecule has 110 valence electrons. The Morgan fingerprint density at radius 1 is 0.955 bits per heavy atom. The summed E-state index contributed by atoms with van der Waals surface area (Å²) in [6, 6.07) is 10.2. The zero-order valence-corrected chi connectivity index (χ0v) is 11.0. The van der Waals surface area contributed by atoms with E-state index in [0.29, 0.717) is 17.0 Å². The van der Waals surface area contributed by atoms with Gasteiger partial charge in [0.25, 0.3) is 11.2 Å². The Bertz CT molecular complexity index is 972. The number of aromatic nitrogens is 2. The van der Waals surface area contributed by atoms with Crippen LogP contribution in [0, 0.1) is 10.1 Å². The van der Waals surface area contributed by atoms with Crippen LogP contribution in [0.25, 0.3) is 10.9 Å². The minimum atomic E-state index is -0.582. The highest BCUT2D eigenvalue weighted by atomic mass is 16.6. The van der Waals surface area contributed by atoms with Crippen molar-refractivity contribution in [3.05, 3.63) is 73.4 Å². The standard InChI is InChI=1S/C14H9N3O5/c18-13-11-7-10(5-6-12(11)15-14(19)16-13)22-9-3-1-8(2-4-9)17(20)21/h1-7H,(H2,15,16,18,19). The largest absolute Gasteiger partial charge is 0.457 e. The van der Waals surface area contributed by atoms with Gasteiger partial charge in [-0.2, -0.15) is 0 Å². The van der Waals surface area contributed by atoms with Gasteiger partial charge < -0.3 is 9.72 Å². The van der Waals surface area contributed by atoms with E-state index in [0.717, 1.165) is 0 Å². The summed E-state index contributed by atoms with van der Waals surface area (Å²) >= 11 is 0. The van der Waals surface area contributed by atoms with Gasteiger partial charge >= 0.3 is 5.69 Å². The Morgan fingerprint density at radius 3 is 2.32 bits per heavy atom. The van der Waals surface area contributed by atoms with Crippen molar-refractivity contribution in [2.24, 2.45) is 0 Å². The van der Waals surface area contributed by atoms with Gasteiger partial charge in [0.2, 0.25) is 0 Å². The molecule has 0 unspecified atom stereocenters. The van der Waals surface area contributed by atoms with Crippen molar-refractivity contribution in [2.75, 3.05) is 0 Å². The van der Waals surface area contributed by atoms with Crippen LogP contribution in [0.3, 0.4) is 0 Å². The first kappa shape index (κ1) is 13.6. The number of nitro groups is 1. The molecule has 0 aliphatic rings. The SMILES string of the molecule is O=c1[nH]c(=O)c2cc(Oc3ccc([N+](=O)[O-])cc3)ccc2[nH]1. The first-order valence-corrected chi connectivity index (χ1v) is 6.21. The van der Waals surface area contributed by atoms with Gasteiger partial charge in [-0.3, -0.25) is 19.9 Å². The summed E-state index contributed by atoms with van der Waals surface area (Å²) in [7, 11) is 0. The number of benzene rings is 2. The van der Waals surface area contributed by atoms with Crippen LogP contribution in [-0.2, 0) is 0 Å². The highest BCUT2D eigenvalue weighted by Crippen LogP contribution is 2.25.